The second-order valence-electron chi connectivity index (χ2n) is 6.56. The number of amides is 3. The van der Waals surface area contributed by atoms with Gasteiger partial charge in [0, 0.05) is 12.2 Å². The van der Waals surface area contributed by atoms with Crippen LogP contribution in [0.15, 0.2) is 53.1 Å². The molecule has 1 heterocycles. The monoisotopic (exact) mass is 433 g/mol. The summed E-state index contributed by atoms with van der Waals surface area (Å²) in [6.07, 6.45) is 0.0552. The third-order valence-electron chi connectivity index (χ3n) is 4.36. The van der Waals surface area contributed by atoms with Crippen LogP contribution in [0.25, 0.3) is 0 Å². The maximum Gasteiger partial charge on any atom is 0.319 e. The van der Waals surface area contributed by atoms with Crippen molar-refractivity contribution in [1.82, 2.24) is 5.32 Å². The van der Waals surface area contributed by atoms with E-state index in [1.165, 1.54) is 30.5 Å². The van der Waals surface area contributed by atoms with E-state index in [-0.39, 0.29) is 29.0 Å². The Hall–Kier alpha value is -3.79. The maximum absolute atomic E-state index is 14.1. The summed E-state index contributed by atoms with van der Waals surface area (Å²) in [7, 11) is 0. The Morgan fingerprint density at radius 2 is 1.74 bits per heavy atom. The van der Waals surface area contributed by atoms with Crippen molar-refractivity contribution < 1.29 is 32.3 Å². The average Bonchev–Trinajstić information content (AvgIpc) is 3.16. The van der Waals surface area contributed by atoms with Crippen molar-refractivity contribution in [3.8, 4) is 0 Å². The molecule has 31 heavy (non-hydrogen) atoms. The van der Waals surface area contributed by atoms with Crippen LogP contribution in [0.4, 0.5) is 29.3 Å². The van der Waals surface area contributed by atoms with Gasteiger partial charge in [-0.1, -0.05) is 6.07 Å². The first-order valence-corrected chi connectivity index (χ1v) is 9.07. The Morgan fingerprint density at radius 3 is 2.42 bits per heavy atom. The second kappa shape index (κ2) is 9.35. The fourth-order valence-electron chi connectivity index (χ4n) is 2.71. The number of carbonyl (C=O) groups is 2. The molecule has 10 heteroatoms. The number of furan rings is 1. The number of nitrogens with one attached hydrogen (secondary N) is 3. The van der Waals surface area contributed by atoms with Crippen molar-refractivity contribution in [2.75, 3.05) is 17.2 Å². The molecular weight excluding hydrogens is 415 g/mol. The van der Waals surface area contributed by atoms with Gasteiger partial charge in [0.25, 0.3) is 5.91 Å². The summed E-state index contributed by atoms with van der Waals surface area (Å²) in [5.41, 5.74) is 0.327. The summed E-state index contributed by atoms with van der Waals surface area (Å²) in [6, 6.07) is 7.15. The standard InChI is InChI=1S/C21H18F3N3O4/c1-11-14(6-7-31-11)20(29)27-18-9-13(3-5-16(18)23)26-21(30)25-10-19(28)12-2-4-15(22)17(24)8-12/h2-9,19,28H,10H2,1H3,(H,27,29)(H2,25,26,30). The molecule has 0 fully saturated rings. The number of hydrogen-bond acceptors (Lipinski definition) is 4. The third-order valence-corrected chi connectivity index (χ3v) is 4.36. The molecule has 7 nitrogen and oxygen atoms in total. The van der Waals surface area contributed by atoms with Crippen LogP contribution < -0.4 is 16.0 Å². The highest BCUT2D eigenvalue weighted by Crippen LogP contribution is 2.21. The molecule has 4 N–H and O–H groups in total. The van der Waals surface area contributed by atoms with Crippen molar-refractivity contribution in [1.29, 1.82) is 0 Å². The summed E-state index contributed by atoms with van der Waals surface area (Å²) < 4.78 is 45.3. The zero-order valence-corrected chi connectivity index (χ0v) is 16.2. The van der Waals surface area contributed by atoms with Gasteiger partial charge < -0.3 is 25.5 Å². The summed E-state index contributed by atoms with van der Waals surface area (Å²) in [5.74, 6) is -3.10. The van der Waals surface area contributed by atoms with E-state index < -0.39 is 35.5 Å². The van der Waals surface area contributed by atoms with Crippen molar-refractivity contribution in [2.45, 2.75) is 13.0 Å². The van der Waals surface area contributed by atoms with Gasteiger partial charge in [-0.3, -0.25) is 4.79 Å². The Balaban J connectivity index is 1.59. The van der Waals surface area contributed by atoms with Crippen LogP contribution in [-0.4, -0.2) is 23.6 Å². The molecule has 1 unspecified atom stereocenters. The number of aliphatic hydroxyl groups excluding tert-OH is 1. The summed E-state index contributed by atoms with van der Waals surface area (Å²) in [4.78, 5) is 24.3. The predicted octanol–water partition coefficient (Wildman–Crippen LogP) is 4.11. The SMILES string of the molecule is Cc1occc1C(=O)Nc1cc(NC(=O)NCC(O)c2ccc(F)c(F)c2)ccc1F. The van der Waals surface area contributed by atoms with E-state index in [2.05, 4.69) is 16.0 Å². The van der Waals surface area contributed by atoms with E-state index in [9.17, 15) is 27.9 Å². The van der Waals surface area contributed by atoms with Crippen LogP contribution in [0.2, 0.25) is 0 Å². The number of aliphatic hydroxyl groups is 1. The molecule has 1 aromatic heterocycles. The number of rotatable bonds is 6. The first-order valence-electron chi connectivity index (χ1n) is 9.07. The zero-order chi connectivity index (χ0) is 22.5. The Labute approximate surface area is 174 Å². The maximum atomic E-state index is 14.1. The lowest BCUT2D eigenvalue weighted by molar-refractivity contribution is 0.102. The molecule has 162 valence electrons. The smallest absolute Gasteiger partial charge is 0.319 e. The molecule has 1 atom stereocenters. The zero-order valence-electron chi connectivity index (χ0n) is 16.2. The first-order chi connectivity index (χ1) is 14.7. The van der Waals surface area contributed by atoms with Crippen LogP contribution in [0, 0.1) is 24.4 Å². The third kappa shape index (κ3) is 5.43. The minimum Gasteiger partial charge on any atom is -0.469 e. The van der Waals surface area contributed by atoms with Gasteiger partial charge in [-0.15, -0.1) is 0 Å². The van der Waals surface area contributed by atoms with Gasteiger partial charge >= 0.3 is 6.03 Å². The average molecular weight is 433 g/mol. The highest BCUT2D eigenvalue weighted by atomic mass is 19.2. The van der Waals surface area contributed by atoms with Crippen molar-refractivity contribution in [2.24, 2.45) is 0 Å². The van der Waals surface area contributed by atoms with Crippen LogP contribution in [0.3, 0.4) is 0 Å². The van der Waals surface area contributed by atoms with Crippen molar-refractivity contribution in [3.05, 3.63) is 83.1 Å². The van der Waals surface area contributed by atoms with E-state index in [1.54, 1.807) is 6.92 Å². The molecule has 3 amide bonds. The van der Waals surface area contributed by atoms with E-state index in [4.69, 9.17) is 4.42 Å². The van der Waals surface area contributed by atoms with Crippen LogP contribution >= 0.6 is 0 Å². The highest BCUT2D eigenvalue weighted by molar-refractivity contribution is 6.05. The van der Waals surface area contributed by atoms with Gasteiger partial charge in [-0.2, -0.15) is 0 Å². The molecule has 3 aromatic rings. The molecule has 3 rings (SSSR count). The number of aryl methyl sites for hydroxylation is 1. The van der Waals surface area contributed by atoms with Gasteiger partial charge in [0.15, 0.2) is 11.6 Å². The largest absolute Gasteiger partial charge is 0.469 e. The number of hydrogen-bond donors (Lipinski definition) is 4. The fourth-order valence-corrected chi connectivity index (χ4v) is 2.71. The summed E-state index contributed by atoms with van der Waals surface area (Å²) in [6.45, 7) is 1.30. The minimum atomic E-state index is -1.28. The predicted molar refractivity (Wildman–Crippen MR) is 106 cm³/mol. The van der Waals surface area contributed by atoms with Crippen LogP contribution in [0.1, 0.15) is 27.8 Å². The molecule has 0 radical (unpaired) electrons. The second-order valence-corrected chi connectivity index (χ2v) is 6.56. The highest BCUT2D eigenvalue weighted by Gasteiger charge is 2.15. The molecular formula is C21H18F3N3O4. The lowest BCUT2D eigenvalue weighted by Gasteiger charge is -2.14. The molecule has 0 saturated carbocycles. The summed E-state index contributed by atoms with van der Waals surface area (Å²) >= 11 is 0. The van der Waals surface area contributed by atoms with Crippen molar-refractivity contribution in [3.63, 3.8) is 0 Å². The number of urea groups is 1. The topological polar surface area (TPSA) is 104 Å². The minimum absolute atomic E-state index is 0.0838. The Bertz CT molecular complexity index is 1120. The molecule has 0 saturated heterocycles. The summed E-state index contributed by atoms with van der Waals surface area (Å²) in [5, 5.41) is 17.2. The number of carbonyl (C=O) groups excluding carboxylic acids is 2. The number of halogens is 3. The van der Waals surface area contributed by atoms with Gasteiger partial charge in [0.05, 0.1) is 23.6 Å². The molecule has 0 aliphatic heterocycles. The first kappa shape index (κ1) is 21.9. The molecule has 0 bridgehead atoms. The van der Waals surface area contributed by atoms with Gasteiger partial charge in [-0.05, 0) is 48.9 Å². The van der Waals surface area contributed by atoms with E-state index in [1.807, 2.05) is 0 Å². The quantitative estimate of drug-likeness (QED) is 0.470. The van der Waals surface area contributed by atoms with Crippen molar-refractivity contribution >= 4 is 23.3 Å². The van der Waals surface area contributed by atoms with Gasteiger partial charge in [0.1, 0.15) is 11.6 Å². The van der Waals surface area contributed by atoms with Gasteiger partial charge in [0.2, 0.25) is 0 Å². The number of anilines is 2. The molecule has 2 aromatic carbocycles. The normalized spacial score (nSPS) is 11.6. The Kier molecular flexibility index (Phi) is 6.61. The van der Waals surface area contributed by atoms with E-state index >= 15 is 0 Å². The lowest BCUT2D eigenvalue weighted by atomic mass is 10.1. The molecule has 0 spiro atoms. The number of benzene rings is 2. The molecule has 0 aliphatic carbocycles. The lowest BCUT2D eigenvalue weighted by Crippen LogP contribution is -2.32. The van der Waals surface area contributed by atoms with Crippen LogP contribution in [-0.2, 0) is 0 Å². The van der Waals surface area contributed by atoms with Crippen LogP contribution in [0.5, 0.6) is 0 Å². The van der Waals surface area contributed by atoms with E-state index in [0.717, 1.165) is 18.2 Å². The van der Waals surface area contributed by atoms with E-state index in [0.29, 0.717) is 5.76 Å². The van der Waals surface area contributed by atoms with Gasteiger partial charge in [-0.25, -0.2) is 18.0 Å². The Morgan fingerprint density at radius 1 is 1.00 bits per heavy atom. The fraction of sp³-hybridized carbons (Fsp3) is 0.143. The molecule has 0 aliphatic rings.